The van der Waals surface area contributed by atoms with Crippen LogP contribution in [0.2, 0.25) is 0 Å². The van der Waals surface area contributed by atoms with Crippen molar-refractivity contribution in [1.29, 1.82) is 0 Å². The van der Waals surface area contributed by atoms with E-state index in [9.17, 15) is 0 Å². The van der Waals surface area contributed by atoms with Crippen LogP contribution in [0.4, 0.5) is 0 Å². The van der Waals surface area contributed by atoms with Crippen LogP contribution in [0.3, 0.4) is 0 Å². The van der Waals surface area contributed by atoms with Gasteiger partial charge in [0, 0.05) is 0 Å². The van der Waals surface area contributed by atoms with Gasteiger partial charge in [0.2, 0.25) is 0 Å². The van der Waals surface area contributed by atoms with Crippen molar-refractivity contribution in [2.45, 2.75) is 89.2 Å². The predicted octanol–water partition coefficient (Wildman–Crippen LogP) is 6.59. The van der Waals surface area contributed by atoms with E-state index in [0.29, 0.717) is 45.6 Å². The highest BCUT2D eigenvalue weighted by Gasteiger charge is 2.49. The second-order valence-electron chi connectivity index (χ2n) is 11.5. The highest BCUT2D eigenvalue weighted by atomic mass is 16.7. The molecule has 0 amide bonds. The van der Waals surface area contributed by atoms with E-state index < -0.39 is 24.6 Å². The zero-order valence-electron chi connectivity index (χ0n) is 23.8. The van der Waals surface area contributed by atoms with Crippen molar-refractivity contribution in [3.05, 3.63) is 107 Å². The predicted molar refractivity (Wildman–Crippen MR) is 156 cm³/mol. The summed E-state index contributed by atoms with van der Waals surface area (Å²) in [5.74, 6) is 0.550. The number of hydrogen-bond acceptors (Lipinski definition) is 6. The van der Waals surface area contributed by atoms with E-state index in [1.165, 1.54) is 32.1 Å². The van der Waals surface area contributed by atoms with Crippen LogP contribution in [0.25, 0.3) is 0 Å². The van der Waals surface area contributed by atoms with Gasteiger partial charge in [0.15, 0.2) is 6.29 Å². The molecule has 2 fully saturated rings. The fraction of sp³-hybridized carbons (Fsp3) is 0.486. The summed E-state index contributed by atoms with van der Waals surface area (Å²) in [6.07, 6.45) is 4.05. The van der Waals surface area contributed by atoms with E-state index in [0.717, 1.165) is 22.3 Å². The Labute approximate surface area is 243 Å². The second-order valence-corrected chi connectivity index (χ2v) is 11.5. The van der Waals surface area contributed by atoms with Crippen molar-refractivity contribution in [3.63, 3.8) is 0 Å². The summed E-state index contributed by atoms with van der Waals surface area (Å²) in [6.45, 7) is 2.85. The molecule has 6 rings (SSSR count). The second kappa shape index (κ2) is 14.5. The van der Waals surface area contributed by atoms with E-state index in [-0.39, 0.29) is 6.10 Å². The number of rotatable bonds is 9. The lowest BCUT2D eigenvalue weighted by molar-refractivity contribution is -0.331. The molecule has 2 heterocycles. The molecular formula is C35H42O6. The average Bonchev–Trinajstić information content (AvgIpc) is 3.03. The third-order valence-electron chi connectivity index (χ3n) is 8.47. The van der Waals surface area contributed by atoms with Gasteiger partial charge in [0.25, 0.3) is 0 Å². The van der Waals surface area contributed by atoms with Crippen LogP contribution in [0.1, 0.15) is 54.4 Å². The topological polar surface area (TPSA) is 55.4 Å². The summed E-state index contributed by atoms with van der Waals surface area (Å²) in [6, 6.07) is 28.7. The Morgan fingerprint density at radius 2 is 1.24 bits per heavy atom. The molecule has 0 unspecified atom stereocenters. The van der Waals surface area contributed by atoms with Gasteiger partial charge in [-0.25, -0.2) is 0 Å². The molecule has 3 aromatic carbocycles. The minimum absolute atomic E-state index is 0.359. The van der Waals surface area contributed by atoms with E-state index in [4.69, 9.17) is 28.4 Å². The van der Waals surface area contributed by atoms with Crippen LogP contribution in [-0.2, 0) is 54.8 Å². The maximum atomic E-state index is 6.77. The number of hydrogen-bond donors (Lipinski definition) is 0. The molecule has 218 valence electrons. The minimum Gasteiger partial charge on any atom is -0.374 e. The highest BCUT2D eigenvalue weighted by Crippen LogP contribution is 2.33. The highest BCUT2D eigenvalue weighted by molar-refractivity contribution is 5.26. The Balaban J connectivity index is 1.28. The van der Waals surface area contributed by atoms with Gasteiger partial charge in [-0.15, -0.1) is 0 Å². The van der Waals surface area contributed by atoms with Crippen molar-refractivity contribution in [1.82, 2.24) is 0 Å². The smallest absolute Gasteiger partial charge is 0.186 e. The summed E-state index contributed by atoms with van der Waals surface area (Å²) in [5, 5.41) is 0. The lowest BCUT2D eigenvalue weighted by atomic mass is 9.90. The molecule has 2 bridgehead atoms. The summed E-state index contributed by atoms with van der Waals surface area (Å²) < 4.78 is 39.6. The van der Waals surface area contributed by atoms with Crippen LogP contribution in [-0.4, -0.2) is 43.9 Å². The van der Waals surface area contributed by atoms with Crippen molar-refractivity contribution in [2.24, 2.45) is 5.92 Å². The van der Waals surface area contributed by atoms with Crippen LogP contribution >= 0.6 is 0 Å². The maximum absolute atomic E-state index is 6.77. The molecule has 0 N–H and O–H groups in total. The average molecular weight is 559 g/mol. The minimum atomic E-state index is -0.578. The van der Waals surface area contributed by atoms with Crippen LogP contribution < -0.4 is 0 Å². The summed E-state index contributed by atoms with van der Waals surface area (Å²) >= 11 is 0. The van der Waals surface area contributed by atoms with Gasteiger partial charge in [0.1, 0.15) is 24.4 Å². The van der Waals surface area contributed by atoms with Crippen LogP contribution in [0, 0.1) is 5.92 Å². The first-order valence-corrected chi connectivity index (χ1v) is 15.2. The Hall–Kier alpha value is -2.58. The Morgan fingerprint density at radius 3 is 1.93 bits per heavy atom. The molecule has 0 spiro atoms. The zero-order valence-corrected chi connectivity index (χ0v) is 23.8. The first-order valence-electron chi connectivity index (χ1n) is 15.2. The van der Waals surface area contributed by atoms with Crippen molar-refractivity contribution in [3.8, 4) is 0 Å². The first kappa shape index (κ1) is 28.5. The maximum Gasteiger partial charge on any atom is 0.186 e. The van der Waals surface area contributed by atoms with E-state index >= 15 is 0 Å². The van der Waals surface area contributed by atoms with Crippen LogP contribution in [0.5, 0.6) is 0 Å². The molecule has 41 heavy (non-hydrogen) atoms. The SMILES string of the molecule is c1ccc(CO[C@@H]2[C@@H]3OCc4ccccc4COC[C@H]2O[C@@H](OCC2CCCCC2)[C@@H]3OCc2ccccc2)cc1. The molecule has 3 aliphatic rings. The van der Waals surface area contributed by atoms with E-state index in [2.05, 4.69) is 36.4 Å². The van der Waals surface area contributed by atoms with Gasteiger partial charge in [-0.05, 0) is 41.0 Å². The lowest BCUT2D eigenvalue weighted by Gasteiger charge is -2.46. The first-order chi connectivity index (χ1) is 20.3. The standard InChI is InChI=1S/C35H42O6/c1-4-12-26(13-5-1)20-37-32-31-25-36-23-29-18-10-11-19-30(29)24-39-33(32)34(38-21-27-14-6-2-7-15-27)35(41-31)40-22-28-16-8-3-9-17-28/h1-2,4-7,10-15,18-19,28,31-35H,3,8-9,16-17,20-25H2/t31-,32+,33+,34-,35-/m1/s1. The van der Waals surface area contributed by atoms with Gasteiger partial charge in [-0.3, -0.25) is 0 Å². The van der Waals surface area contributed by atoms with Gasteiger partial charge in [-0.2, -0.15) is 0 Å². The molecule has 6 nitrogen and oxygen atoms in total. The molecular weight excluding hydrogens is 516 g/mol. The number of benzene rings is 3. The van der Waals surface area contributed by atoms with Crippen molar-refractivity contribution >= 4 is 0 Å². The molecule has 6 heteroatoms. The molecule has 1 saturated carbocycles. The molecule has 1 aliphatic carbocycles. The molecule has 0 radical (unpaired) electrons. The molecule has 3 aromatic rings. The van der Waals surface area contributed by atoms with Gasteiger partial charge in [0.05, 0.1) is 39.6 Å². The molecule has 2 aliphatic heterocycles. The Kier molecular flexibility index (Phi) is 10.1. The normalized spacial score (nSPS) is 27.2. The Bertz CT molecular complexity index is 1180. The quantitative estimate of drug-likeness (QED) is 0.295. The molecule has 5 atom stereocenters. The fourth-order valence-electron chi connectivity index (χ4n) is 6.14. The zero-order chi connectivity index (χ0) is 27.7. The van der Waals surface area contributed by atoms with E-state index in [1.54, 1.807) is 0 Å². The summed E-state index contributed by atoms with van der Waals surface area (Å²) in [7, 11) is 0. The molecule has 1 saturated heterocycles. The summed E-state index contributed by atoms with van der Waals surface area (Å²) in [5.41, 5.74) is 4.43. The monoisotopic (exact) mass is 558 g/mol. The Morgan fingerprint density at radius 1 is 0.634 bits per heavy atom. The third kappa shape index (κ3) is 7.63. The summed E-state index contributed by atoms with van der Waals surface area (Å²) in [4.78, 5) is 0. The van der Waals surface area contributed by atoms with Crippen molar-refractivity contribution in [2.75, 3.05) is 13.2 Å². The third-order valence-corrected chi connectivity index (χ3v) is 8.47. The number of ether oxygens (including phenoxy) is 6. The van der Waals surface area contributed by atoms with Gasteiger partial charge < -0.3 is 28.4 Å². The number of fused-ring (bicyclic) bond motifs is 3. The van der Waals surface area contributed by atoms with Crippen molar-refractivity contribution < 1.29 is 28.4 Å². The fourth-order valence-corrected chi connectivity index (χ4v) is 6.14. The van der Waals surface area contributed by atoms with Gasteiger partial charge in [-0.1, -0.05) is 104 Å². The van der Waals surface area contributed by atoms with Crippen LogP contribution in [0.15, 0.2) is 84.9 Å². The molecule has 0 aromatic heterocycles. The van der Waals surface area contributed by atoms with E-state index in [1.807, 2.05) is 48.5 Å². The largest absolute Gasteiger partial charge is 0.374 e. The lowest BCUT2D eigenvalue weighted by Crippen LogP contribution is -2.62. The van der Waals surface area contributed by atoms with Gasteiger partial charge >= 0.3 is 0 Å².